The molecule has 0 aromatic heterocycles. The fraction of sp³-hybridized carbons (Fsp3) is 0. The summed E-state index contributed by atoms with van der Waals surface area (Å²) < 4.78 is 37.2. The molecule has 1 nitrogen and oxygen atoms in total. The standard InChI is InChI=1S/C54H37N/c1-3-11-38(12-4-1)39-21-29-47(30-22-39)55(48-31-23-40(24-32-48)45-28-35-51-46(37-45)20-19-42-15-7-9-17-50(42)51)49-33-25-44(26-34-49)54-52-18-10-8-16-43(52)27-36-53(54)41-13-5-2-6-14-41/h1-37H/i21D,22D,29D,30D. The summed E-state index contributed by atoms with van der Waals surface area (Å²) in [5.41, 5.74) is 9.06. The third-order valence-corrected chi connectivity index (χ3v) is 10.5. The van der Waals surface area contributed by atoms with Crippen LogP contribution in [0.15, 0.2) is 224 Å². The maximum absolute atomic E-state index is 9.42. The number of anilines is 3. The first-order valence-electron chi connectivity index (χ1n) is 20.6. The smallest absolute Gasteiger partial charge is 0.0645 e. The van der Waals surface area contributed by atoms with Crippen LogP contribution in [0.4, 0.5) is 17.1 Å². The highest BCUT2D eigenvalue weighted by Crippen LogP contribution is 2.42. The molecule has 0 atom stereocenters. The summed E-state index contributed by atoms with van der Waals surface area (Å²) in [7, 11) is 0. The van der Waals surface area contributed by atoms with Crippen LogP contribution in [0.2, 0.25) is 0 Å². The van der Waals surface area contributed by atoms with Crippen molar-refractivity contribution in [2.24, 2.45) is 0 Å². The minimum atomic E-state index is -0.111. The van der Waals surface area contributed by atoms with Crippen molar-refractivity contribution >= 4 is 49.4 Å². The molecule has 0 radical (unpaired) electrons. The predicted molar refractivity (Wildman–Crippen MR) is 235 cm³/mol. The first-order valence-corrected chi connectivity index (χ1v) is 18.6. The Bertz CT molecular complexity index is 3150. The maximum Gasteiger partial charge on any atom is 0.0645 e. The minimum absolute atomic E-state index is 0.0858. The Balaban J connectivity index is 1.12. The van der Waals surface area contributed by atoms with Gasteiger partial charge in [-0.3, -0.25) is 0 Å². The van der Waals surface area contributed by atoms with Crippen molar-refractivity contribution in [3.05, 3.63) is 224 Å². The summed E-state index contributed by atoms with van der Waals surface area (Å²) in [5.74, 6) is 0. The lowest BCUT2D eigenvalue weighted by molar-refractivity contribution is 1.28. The zero-order valence-corrected chi connectivity index (χ0v) is 30.0. The number of nitrogens with zero attached hydrogens (tertiary/aromatic N) is 1. The molecule has 10 aromatic rings. The quantitative estimate of drug-likeness (QED) is 0.149. The van der Waals surface area contributed by atoms with Gasteiger partial charge in [-0.1, -0.05) is 182 Å². The van der Waals surface area contributed by atoms with E-state index < -0.39 is 0 Å². The Labute approximate surface area is 327 Å². The summed E-state index contributed by atoms with van der Waals surface area (Å²) in [6.45, 7) is 0. The fourth-order valence-electron chi connectivity index (χ4n) is 7.79. The number of rotatable bonds is 7. The molecule has 10 aromatic carbocycles. The van der Waals surface area contributed by atoms with E-state index in [1.54, 1.807) is 0 Å². The third-order valence-electron chi connectivity index (χ3n) is 10.5. The van der Waals surface area contributed by atoms with E-state index in [1.807, 2.05) is 65.6 Å². The molecule has 0 unspecified atom stereocenters. The van der Waals surface area contributed by atoms with E-state index in [0.717, 1.165) is 55.2 Å². The van der Waals surface area contributed by atoms with Crippen molar-refractivity contribution in [2.75, 3.05) is 4.90 Å². The highest BCUT2D eigenvalue weighted by molar-refractivity contribution is 6.08. The van der Waals surface area contributed by atoms with E-state index in [9.17, 15) is 5.48 Å². The summed E-state index contributed by atoms with van der Waals surface area (Å²) >= 11 is 0. The molecule has 0 saturated carbocycles. The molecular formula is C54H37N. The summed E-state index contributed by atoms with van der Waals surface area (Å²) in [4.78, 5) is 1.86. The van der Waals surface area contributed by atoms with Gasteiger partial charge in [0.05, 0.1) is 5.48 Å². The fourth-order valence-corrected chi connectivity index (χ4v) is 7.79. The van der Waals surface area contributed by atoms with Gasteiger partial charge in [0, 0.05) is 17.1 Å². The minimum Gasteiger partial charge on any atom is -0.311 e. The van der Waals surface area contributed by atoms with Crippen LogP contribution in [-0.4, -0.2) is 0 Å². The Morgan fingerprint density at radius 1 is 0.291 bits per heavy atom. The van der Waals surface area contributed by atoms with Gasteiger partial charge in [0.15, 0.2) is 0 Å². The Hall–Kier alpha value is -7.22. The molecule has 0 saturated heterocycles. The Kier molecular flexibility index (Phi) is 7.19. The normalized spacial score (nSPS) is 12.3. The molecule has 0 aliphatic heterocycles. The monoisotopic (exact) mass is 703 g/mol. The zero-order chi connectivity index (χ0) is 40.0. The number of hydrogen-bond donors (Lipinski definition) is 0. The van der Waals surface area contributed by atoms with Gasteiger partial charge >= 0.3 is 0 Å². The van der Waals surface area contributed by atoms with E-state index in [0.29, 0.717) is 11.3 Å². The van der Waals surface area contributed by atoms with E-state index in [2.05, 4.69) is 140 Å². The lowest BCUT2D eigenvalue weighted by atomic mass is 9.89. The SMILES string of the molecule is [2H]c1c([2H])c(N(c2ccc(-c3ccc4c(ccc5ccccc54)c3)cc2)c2ccc(-c3c(-c4ccccc4)ccc4ccccc34)cc2)c([2H])c([2H])c1-c1ccccc1. The summed E-state index contributed by atoms with van der Waals surface area (Å²) in [6, 6.07) is 67.7. The van der Waals surface area contributed by atoms with Crippen molar-refractivity contribution in [1.29, 1.82) is 0 Å². The number of benzene rings is 10. The lowest BCUT2D eigenvalue weighted by Crippen LogP contribution is -2.09. The van der Waals surface area contributed by atoms with Crippen LogP contribution in [0.25, 0.3) is 76.8 Å². The lowest BCUT2D eigenvalue weighted by Gasteiger charge is -2.26. The predicted octanol–water partition coefficient (Wildman–Crippen LogP) is 15.3. The maximum atomic E-state index is 9.42. The van der Waals surface area contributed by atoms with Gasteiger partial charge in [-0.25, -0.2) is 0 Å². The van der Waals surface area contributed by atoms with Gasteiger partial charge in [-0.15, -0.1) is 0 Å². The van der Waals surface area contributed by atoms with Gasteiger partial charge < -0.3 is 4.90 Å². The van der Waals surface area contributed by atoms with E-state index in [1.165, 1.54) is 16.2 Å². The van der Waals surface area contributed by atoms with Crippen LogP contribution in [0.1, 0.15) is 5.48 Å². The molecule has 0 amide bonds. The first kappa shape index (κ1) is 28.3. The number of hydrogen-bond acceptors (Lipinski definition) is 1. The van der Waals surface area contributed by atoms with Gasteiger partial charge in [-0.2, -0.15) is 0 Å². The molecule has 0 fully saturated rings. The van der Waals surface area contributed by atoms with Crippen LogP contribution in [0.5, 0.6) is 0 Å². The van der Waals surface area contributed by atoms with Crippen LogP contribution in [0, 0.1) is 0 Å². The highest BCUT2D eigenvalue weighted by atomic mass is 15.1. The molecule has 10 rings (SSSR count). The molecule has 0 spiro atoms. The largest absolute Gasteiger partial charge is 0.311 e. The Morgan fingerprint density at radius 3 is 1.47 bits per heavy atom. The average molecular weight is 704 g/mol. The van der Waals surface area contributed by atoms with Crippen molar-refractivity contribution < 1.29 is 5.48 Å². The van der Waals surface area contributed by atoms with Crippen molar-refractivity contribution in [2.45, 2.75) is 0 Å². The van der Waals surface area contributed by atoms with Crippen LogP contribution in [0.3, 0.4) is 0 Å². The second-order valence-corrected chi connectivity index (χ2v) is 13.8. The second kappa shape index (κ2) is 14.0. The van der Waals surface area contributed by atoms with Crippen molar-refractivity contribution in [3.63, 3.8) is 0 Å². The molecule has 0 bridgehead atoms. The summed E-state index contributed by atoms with van der Waals surface area (Å²) in [5, 5.41) is 7.10. The van der Waals surface area contributed by atoms with Gasteiger partial charge in [0.2, 0.25) is 0 Å². The van der Waals surface area contributed by atoms with Crippen LogP contribution < -0.4 is 4.90 Å². The van der Waals surface area contributed by atoms with E-state index in [-0.39, 0.29) is 35.4 Å². The molecule has 258 valence electrons. The Morgan fingerprint density at radius 2 is 0.782 bits per heavy atom. The molecule has 0 N–H and O–H groups in total. The number of fused-ring (bicyclic) bond motifs is 4. The highest BCUT2D eigenvalue weighted by Gasteiger charge is 2.16. The van der Waals surface area contributed by atoms with Gasteiger partial charge in [0.1, 0.15) is 0 Å². The van der Waals surface area contributed by atoms with Crippen LogP contribution >= 0.6 is 0 Å². The summed E-state index contributed by atoms with van der Waals surface area (Å²) in [6.07, 6.45) is 0. The van der Waals surface area contributed by atoms with E-state index >= 15 is 0 Å². The molecule has 1 heteroatoms. The van der Waals surface area contributed by atoms with Gasteiger partial charge in [-0.05, 0) is 119 Å². The zero-order valence-electron chi connectivity index (χ0n) is 34.0. The second-order valence-electron chi connectivity index (χ2n) is 13.8. The molecule has 55 heavy (non-hydrogen) atoms. The molecular weight excluding hydrogens is 663 g/mol. The van der Waals surface area contributed by atoms with E-state index in [4.69, 9.17) is 0 Å². The molecule has 0 aliphatic rings. The van der Waals surface area contributed by atoms with Gasteiger partial charge in [0.25, 0.3) is 0 Å². The molecule has 0 heterocycles. The van der Waals surface area contributed by atoms with Crippen molar-refractivity contribution in [3.8, 4) is 44.5 Å². The average Bonchev–Trinajstić information content (AvgIpc) is 3.30. The van der Waals surface area contributed by atoms with Crippen LogP contribution in [-0.2, 0) is 0 Å². The molecule has 0 aliphatic carbocycles. The van der Waals surface area contributed by atoms with Crippen molar-refractivity contribution in [1.82, 2.24) is 0 Å². The topological polar surface area (TPSA) is 3.24 Å². The third kappa shape index (κ3) is 6.12. The first-order chi connectivity index (χ1) is 28.9.